The van der Waals surface area contributed by atoms with Crippen LogP contribution in [0.15, 0.2) is 84.9 Å². The van der Waals surface area contributed by atoms with Crippen LogP contribution in [0.25, 0.3) is 22.7 Å². The number of hydrogen-bond acceptors (Lipinski definition) is 0. The number of rotatable bonds is 4. The van der Waals surface area contributed by atoms with Gasteiger partial charge in [0.15, 0.2) is 0 Å². The average Bonchev–Trinajstić information content (AvgIpc) is 3.08. The minimum absolute atomic E-state index is 0.111. The Labute approximate surface area is 173 Å². The highest BCUT2D eigenvalue weighted by molar-refractivity contribution is 5.94. The van der Waals surface area contributed by atoms with E-state index in [1.807, 2.05) is 6.07 Å². The summed E-state index contributed by atoms with van der Waals surface area (Å²) in [5.41, 5.74) is 6.65. The first-order valence-corrected chi connectivity index (χ1v) is 9.94. The standard InChI is InChI=1S/C28H25N/c1-5-24-25-18-12-13-21(2)27(25)29(23-16-10-7-11-17-23)26(24)19-20-28(3,4)22-14-8-6-9-15-22/h1,6-20H,2-4H3. The van der Waals surface area contributed by atoms with Gasteiger partial charge in [-0.05, 0) is 36.3 Å². The van der Waals surface area contributed by atoms with Gasteiger partial charge in [0.05, 0.1) is 16.8 Å². The molecule has 0 spiro atoms. The van der Waals surface area contributed by atoms with Crippen LogP contribution in [0.1, 0.15) is 36.2 Å². The molecule has 0 fully saturated rings. The monoisotopic (exact) mass is 375 g/mol. The van der Waals surface area contributed by atoms with Gasteiger partial charge in [0.2, 0.25) is 0 Å². The molecule has 4 aromatic rings. The fraction of sp³-hybridized carbons (Fsp3) is 0.143. The molecule has 0 radical (unpaired) electrons. The number of fused-ring (bicyclic) bond motifs is 1. The maximum atomic E-state index is 6.01. The zero-order valence-electron chi connectivity index (χ0n) is 17.2. The van der Waals surface area contributed by atoms with Crippen LogP contribution < -0.4 is 0 Å². The van der Waals surface area contributed by atoms with E-state index in [-0.39, 0.29) is 5.41 Å². The van der Waals surface area contributed by atoms with Crippen molar-refractivity contribution in [2.45, 2.75) is 26.2 Å². The van der Waals surface area contributed by atoms with E-state index in [2.05, 4.69) is 116 Å². The maximum Gasteiger partial charge on any atom is 0.0622 e. The van der Waals surface area contributed by atoms with Crippen LogP contribution in [-0.4, -0.2) is 4.57 Å². The highest BCUT2D eigenvalue weighted by atomic mass is 15.0. The molecule has 0 aliphatic rings. The lowest BCUT2D eigenvalue weighted by molar-refractivity contribution is 0.673. The molecule has 142 valence electrons. The second-order valence-corrected chi connectivity index (χ2v) is 7.97. The van der Waals surface area contributed by atoms with Gasteiger partial charge in [0.25, 0.3) is 0 Å². The van der Waals surface area contributed by atoms with Gasteiger partial charge in [0.1, 0.15) is 0 Å². The summed E-state index contributed by atoms with van der Waals surface area (Å²) in [7, 11) is 0. The molecule has 0 bridgehead atoms. The third-order valence-electron chi connectivity index (χ3n) is 5.56. The van der Waals surface area contributed by atoms with Gasteiger partial charge >= 0.3 is 0 Å². The van der Waals surface area contributed by atoms with Crippen LogP contribution in [0.3, 0.4) is 0 Å². The van der Waals surface area contributed by atoms with Crippen molar-refractivity contribution in [2.24, 2.45) is 0 Å². The quantitative estimate of drug-likeness (QED) is 0.341. The number of hydrogen-bond donors (Lipinski definition) is 0. The smallest absolute Gasteiger partial charge is 0.0622 e. The summed E-state index contributed by atoms with van der Waals surface area (Å²) in [6, 6.07) is 27.3. The van der Waals surface area contributed by atoms with Crippen LogP contribution in [-0.2, 0) is 5.41 Å². The molecule has 29 heavy (non-hydrogen) atoms. The number of benzene rings is 3. The molecule has 0 amide bonds. The van der Waals surface area contributed by atoms with Crippen LogP contribution in [0.2, 0.25) is 0 Å². The van der Waals surface area contributed by atoms with Crippen molar-refractivity contribution < 1.29 is 0 Å². The van der Waals surface area contributed by atoms with Crippen LogP contribution in [0, 0.1) is 19.3 Å². The zero-order valence-corrected chi connectivity index (χ0v) is 17.2. The van der Waals surface area contributed by atoms with E-state index in [0.29, 0.717) is 0 Å². The van der Waals surface area contributed by atoms with Crippen molar-refractivity contribution in [1.29, 1.82) is 0 Å². The third-order valence-corrected chi connectivity index (χ3v) is 5.56. The first-order chi connectivity index (χ1) is 14.0. The van der Waals surface area contributed by atoms with Crippen molar-refractivity contribution >= 4 is 17.0 Å². The van der Waals surface area contributed by atoms with E-state index in [1.165, 1.54) is 16.6 Å². The normalized spacial score (nSPS) is 11.8. The Balaban J connectivity index is 1.97. The lowest BCUT2D eigenvalue weighted by Crippen LogP contribution is -2.13. The predicted octanol–water partition coefficient (Wildman–Crippen LogP) is 6.91. The molecule has 0 atom stereocenters. The minimum atomic E-state index is -0.111. The minimum Gasteiger partial charge on any atom is -0.308 e. The molecule has 0 N–H and O–H groups in total. The highest BCUT2D eigenvalue weighted by Crippen LogP contribution is 2.33. The van der Waals surface area contributed by atoms with E-state index >= 15 is 0 Å². The Hall–Kier alpha value is -3.50. The summed E-state index contributed by atoms with van der Waals surface area (Å²) < 4.78 is 2.29. The molecule has 1 heteroatoms. The first-order valence-electron chi connectivity index (χ1n) is 9.94. The summed E-state index contributed by atoms with van der Waals surface area (Å²) in [5.74, 6) is 2.96. The molecule has 4 rings (SSSR count). The highest BCUT2D eigenvalue weighted by Gasteiger charge is 2.20. The van der Waals surface area contributed by atoms with E-state index in [9.17, 15) is 0 Å². The van der Waals surface area contributed by atoms with Crippen LogP contribution >= 0.6 is 0 Å². The third kappa shape index (κ3) is 3.39. The number of aryl methyl sites for hydroxylation is 1. The van der Waals surface area contributed by atoms with Gasteiger partial charge in [0, 0.05) is 16.5 Å². The topological polar surface area (TPSA) is 4.93 Å². The Kier molecular flexibility index (Phi) is 4.87. The molecule has 3 aromatic carbocycles. The van der Waals surface area contributed by atoms with Crippen molar-refractivity contribution in [1.82, 2.24) is 4.57 Å². The first kappa shape index (κ1) is 18.8. The number of terminal acetylenes is 1. The molecule has 0 saturated carbocycles. The second kappa shape index (κ2) is 7.49. The number of para-hydroxylation sites is 2. The van der Waals surface area contributed by atoms with Crippen molar-refractivity contribution in [3.05, 3.63) is 107 Å². The van der Waals surface area contributed by atoms with Crippen LogP contribution in [0.4, 0.5) is 0 Å². The van der Waals surface area contributed by atoms with Gasteiger partial charge in [-0.2, -0.15) is 0 Å². The molecular formula is C28H25N. The summed E-state index contributed by atoms with van der Waals surface area (Å²) in [4.78, 5) is 0. The van der Waals surface area contributed by atoms with Gasteiger partial charge < -0.3 is 4.57 Å². The summed E-state index contributed by atoms with van der Waals surface area (Å²) >= 11 is 0. The van der Waals surface area contributed by atoms with E-state index < -0.39 is 0 Å². The van der Waals surface area contributed by atoms with Crippen molar-refractivity contribution in [2.75, 3.05) is 0 Å². The van der Waals surface area contributed by atoms with E-state index in [4.69, 9.17) is 6.42 Å². The largest absolute Gasteiger partial charge is 0.308 e. The molecule has 0 aliphatic carbocycles. The van der Waals surface area contributed by atoms with Gasteiger partial charge in [-0.25, -0.2) is 0 Å². The van der Waals surface area contributed by atoms with E-state index in [0.717, 1.165) is 22.3 Å². The summed E-state index contributed by atoms with van der Waals surface area (Å²) in [6.07, 6.45) is 10.5. The lowest BCUT2D eigenvalue weighted by atomic mass is 9.84. The van der Waals surface area contributed by atoms with Crippen molar-refractivity contribution in [3.8, 4) is 18.0 Å². The molecule has 1 nitrogen and oxygen atoms in total. The predicted molar refractivity (Wildman–Crippen MR) is 124 cm³/mol. The maximum absolute atomic E-state index is 6.01. The van der Waals surface area contributed by atoms with Crippen molar-refractivity contribution in [3.63, 3.8) is 0 Å². The van der Waals surface area contributed by atoms with Crippen LogP contribution in [0.5, 0.6) is 0 Å². The Morgan fingerprint density at radius 3 is 2.17 bits per heavy atom. The SMILES string of the molecule is C#Cc1c(C=CC(C)(C)c2ccccc2)n(-c2ccccc2)c2c(C)cccc12. The molecule has 0 unspecified atom stereocenters. The van der Waals surface area contributed by atoms with Gasteiger partial charge in [-0.3, -0.25) is 0 Å². The van der Waals surface area contributed by atoms with Gasteiger partial charge in [-0.15, -0.1) is 6.42 Å². The summed E-state index contributed by atoms with van der Waals surface area (Å²) in [6.45, 7) is 6.60. The lowest BCUT2D eigenvalue weighted by Gasteiger charge is -2.21. The molecule has 1 heterocycles. The fourth-order valence-electron chi connectivity index (χ4n) is 3.93. The summed E-state index contributed by atoms with van der Waals surface area (Å²) in [5, 5.41) is 1.12. The zero-order chi connectivity index (χ0) is 20.4. The fourth-order valence-corrected chi connectivity index (χ4v) is 3.93. The Bertz CT molecular complexity index is 1220. The molecule has 1 aromatic heterocycles. The molecular weight excluding hydrogens is 350 g/mol. The second-order valence-electron chi connectivity index (χ2n) is 7.97. The Morgan fingerprint density at radius 1 is 0.862 bits per heavy atom. The molecule has 0 aliphatic heterocycles. The molecule has 0 saturated heterocycles. The number of nitrogens with zero attached hydrogens (tertiary/aromatic N) is 1. The van der Waals surface area contributed by atoms with Gasteiger partial charge in [-0.1, -0.05) is 92.6 Å². The van der Waals surface area contributed by atoms with E-state index in [1.54, 1.807) is 0 Å². The average molecular weight is 376 g/mol. The Morgan fingerprint density at radius 2 is 1.52 bits per heavy atom. The number of allylic oxidation sites excluding steroid dienone is 1. The number of aromatic nitrogens is 1.